The highest BCUT2D eigenvalue weighted by Crippen LogP contribution is 2.40. The minimum absolute atomic E-state index is 0.0821. The Balaban J connectivity index is 1.84. The van der Waals surface area contributed by atoms with Gasteiger partial charge in [-0.2, -0.15) is 0 Å². The van der Waals surface area contributed by atoms with E-state index in [1.807, 2.05) is 0 Å². The van der Waals surface area contributed by atoms with Gasteiger partial charge in [0.25, 0.3) is 0 Å². The summed E-state index contributed by atoms with van der Waals surface area (Å²) in [6.07, 6.45) is 3.76. The fourth-order valence-electron chi connectivity index (χ4n) is 3.39. The molecule has 0 atom stereocenters. The topological polar surface area (TPSA) is 141 Å². The number of benzene rings is 2. The van der Waals surface area contributed by atoms with Crippen molar-refractivity contribution in [3.8, 4) is 16.9 Å². The van der Waals surface area contributed by atoms with Crippen LogP contribution in [0.5, 0.6) is 5.75 Å². The van der Waals surface area contributed by atoms with E-state index in [0.29, 0.717) is 22.0 Å². The fourth-order valence-corrected chi connectivity index (χ4v) is 3.39. The molecule has 0 fully saturated rings. The van der Waals surface area contributed by atoms with Gasteiger partial charge < -0.3 is 24.7 Å². The number of carboxylic acids is 2. The predicted octanol–water partition coefficient (Wildman–Crippen LogP) is 4.16. The lowest BCUT2D eigenvalue weighted by atomic mass is 10.0. The van der Waals surface area contributed by atoms with Crippen molar-refractivity contribution in [3.63, 3.8) is 0 Å². The minimum Gasteiger partial charge on any atom is -0.504 e. The number of aromatic hydroxyl groups is 1. The van der Waals surface area contributed by atoms with Gasteiger partial charge in [0, 0.05) is 17.7 Å². The Hall–Kier alpha value is -4.59. The van der Waals surface area contributed by atoms with Crippen LogP contribution in [0.15, 0.2) is 65.2 Å². The zero-order chi connectivity index (χ0) is 22.1. The number of aromatic amines is 1. The Bertz CT molecular complexity index is 1360. The number of rotatable bonds is 6. The molecule has 0 radical (unpaired) electrons. The highest BCUT2D eigenvalue weighted by atomic mass is 16.4. The van der Waals surface area contributed by atoms with E-state index in [-0.39, 0.29) is 11.1 Å². The number of aromatic carboxylic acids is 1. The van der Waals surface area contributed by atoms with Crippen LogP contribution in [-0.4, -0.2) is 38.0 Å². The second-order valence-electron chi connectivity index (χ2n) is 6.63. The van der Waals surface area contributed by atoms with Gasteiger partial charge in [0.05, 0.1) is 16.6 Å². The zero-order valence-corrected chi connectivity index (χ0v) is 15.8. The Morgan fingerprint density at radius 1 is 0.935 bits per heavy atom. The van der Waals surface area contributed by atoms with E-state index in [2.05, 4.69) is 4.98 Å². The number of carboxylic acid groups (broad SMARTS) is 2. The normalized spacial score (nSPS) is 11.2. The van der Waals surface area contributed by atoms with E-state index in [1.165, 1.54) is 12.3 Å². The molecule has 31 heavy (non-hydrogen) atoms. The molecule has 2 heterocycles. The van der Waals surface area contributed by atoms with Gasteiger partial charge in [-0.05, 0) is 17.2 Å². The largest absolute Gasteiger partial charge is 0.504 e. The highest BCUT2D eigenvalue weighted by molar-refractivity contribution is 6.18. The van der Waals surface area contributed by atoms with Crippen LogP contribution < -0.4 is 0 Å². The van der Waals surface area contributed by atoms with Gasteiger partial charge in [0.15, 0.2) is 5.75 Å². The van der Waals surface area contributed by atoms with E-state index in [9.17, 15) is 24.6 Å². The van der Waals surface area contributed by atoms with Gasteiger partial charge in [0.1, 0.15) is 0 Å². The molecule has 0 amide bonds. The first-order valence-electron chi connectivity index (χ1n) is 9.08. The molecule has 8 heteroatoms. The van der Waals surface area contributed by atoms with Crippen LogP contribution in [0.2, 0.25) is 0 Å². The molecule has 0 saturated heterocycles. The number of carbonyl (C=O) groups is 3. The average Bonchev–Trinajstić information content (AvgIpc) is 3.34. The lowest BCUT2D eigenvalue weighted by Crippen LogP contribution is -1.99. The zero-order valence-electron chi connectivity index (χ0n) is 15.8. The number of hydrogen-bond donors (Lipinski definition) is 4. The number of fused-ring (bicyclic) bond motifs is 1. The molecule has 0 saturated carbocycles. The lowest BCUT2D eigenvalue weighted by molar-refractivity contribution is -0.131. The van der Waals surface area contributed by atoms with Crippen molar-refractivity contribution < 1.29 is 34.1 Å². The second-order valence-corrected chi connectivity index (χ2v) is 6.63. The first-order valence-corrected chi connectivity index (χ1v) is 9.08. The summed E-state index contributed by atoms with van der Waals surface area (Å²) in [6, 6.07) is 13.2. The third-order valence-corrected chi connectivity index (χ3v) is 4.74. The molecular formula is C23H15NO7. The highest BCUT2D eigenvalue weighted by Gasteiger charge is 2.31. The first-order chi connectivity index (χ1) is 14.9. The van der Waals surface area contributed by atoms with Gasteiger partial charge in [-0.3, -0.25) is 4.79 Å². The molecule has 0 aliphatic rings. The Morgan fingerprint density at radius 3 is 2.35 bits per heavy atom. The standard InChI is InChI=1S/C23H15NO7/c25-16(26)10-9-13-7-4-8-14-15(11-24-18(13)14)19(27)22-20(28)17(21(31-22)23(29)30)12-5-2-1-3-6-12/h1-11,24,28H,(H,25,26)(H,29,30)/b10-9+. The molecule has 2 aromatic carbocycles. The van der Waals surface area contributed by atoms with Crippen molar-refractivity contribution in [2.45, 2.75) is 0 Å². The van der Waals surface area contributed by atoms with E-state index in [0.717, 1.165) is 6.08 Å². The summed E-state index contributed by atoms with van der Waals surface area (Å²) in [5.41, 5.74) is 1.50. The molecule has 0 bridgehead atoms. The van der Waals surface area contributed by atoms with Crippen molar-refractivity contribution >= 4 is 34.7 Å². The number of aliphatic carboxylic acids is 1. The number of H-pyrrole nitrogens is 1. The summed E-state index contributed by atoms with van der Waals surface area (Å²) in [4.78, 5) is 38.6. The molecule has 8 nitrogen and oxygen atoms in total. The van der Waals surface area contributed by atoms with Crippen LogP contribution in [0.4, 0.5) is 0 Å². The fraction of sp³-hybridized carbons (Fsp3) is 0. The Labute approximate surface area is 174 Å². The van der Waals surface area contributed by atoms with Crippen LogP contribution in [-0.2, 0) is 4.79 Å². The molecular weight excluding hydrogens is 402 g/mol. The van der Waals surface area contributed by atoms with E-state index >= 15 is 0 Å². The van der Waals surface area contributed by atoms with Crippen molar-refractivity contribution in [2.24, 2.45) is 0 Å². The summed E-state index contributed by atoms with van der Waals surface area (Å²) in [5.74, 6) is -4.86. The minimum atomic E-state index is -1.42. The number of aromatic nitrogens is 1. The van der Waals surface area contributed by atoms with E-state index < -0.39 is 35.0 Å². The number of ketones is 1. The maximum absolute atomic E-state index is 13.2. The predicted molar refractivity (Wildman–Crippen MR) is 111 cm³/mol. The van der Waals surface area contributed by atoms with Crippen molar-refractivity contribution in [1.29, 1.82) is 0 Å². The van der Waals surface area contributed by atoms with Crippen molar-refractivity contribution in [3.05, 3.63) is 83.5 Å². The maximum Gasteiger partial charge on any atom is 0.372 e. The molecule has 4 N–H and O–H groups in total. The van der Waals surface area contributed by atoms with Gasteiger partial charge in [-0.25, -0.2) is 9.59 Å². The maximum atomic E-state index is 13.2. The first kappa shape index (κ1) is 19.7. The smallest absolute Gasteiger partial charge is 0.372 e. The van der Waals surface area contributed by atoms with Crippen LogP contribution in [0.3, 0.4) is 0 Å². The third kappa shape index (κ3) is 3.46. The van der Waals surface area contributed by atoms with Gasteiger partial charge in [-0.15, -0.1) is 0 Å². The number of hydrogen-bond acceptors (Lipinski definition) is 5. The van der Waals surface area contributed by atoms with Crippen LogP contribution in [0.1, 0.15) is 32.2 Å². The summed E-state index contributed by atoms with van der Waals surface area (Å²) in [5, 5.41) is 29.5. The Kier molecular flexibility index (Phi) is 4.88. The lowest BCUT2D eigenvalue weighted by Gasteiger charge is -2.01. The molecule has 4 aromatic rings. The number of furan rings is 1. The van der Waals surface area contributed by atoms with Crippen LogP contribution >= 0.6 is 0 Å². The molecule has 0 aliphatic carbocycles. The van der Waals surface area contributed by atoms with Gasteiger partial charge in [-0.1, -0.05) is 48.5 Å². The van der Waals surface area contributed by atoms with Crippen molar-refractivity contribution in [2.75, 3.05) is 0 Å². The Morgan fingerprint density at radius 2 is 1.68 bits per heavy atom. The molecule has 2 aromatic heterocycles. The van der Waals surface area contributed by atoms with E-state index in [4.69, 9.17) is 9.52 Å². The summed E-state index contributed by atoms with van der Waals surface area (Å²) in [7, 11) is 0. The van der Waals surface area contributed by atoms with Gasteiger partial charge >= 0.3 is 11.9 Å². The average molecular weight is 417 g/mol. The summed E-state index contributed by atoms with van der Waals surface area (Å²) >= 11 is 0. The molecule has 0 aliphatic heterocycles. The van der Waals surface area contributed by atoms with Gasteiger partial charge in [0.2, 0.25) is 17.3 Å². The van der Waals surface area contributed by atoms with Crippen LogP contribution in [0.25, 0.3) is 28.1 Å². The molecule has 4 rings (SSSR count). The number of carbonyl (C=O) groups excluding carboxylic acids is 1. The quantitative estimate of drug-likeness (QED) is 0.273. The molecule has 0 spiro atoms. The summed E-state index contributed by atoms with van der Waals surface area (Å²) in [6.45, 7) is 0. The number of nitrogens with one attached hydrogen (secondary N) is 1. The third-order valence-electron chi connectivity index (χ3n) is 4.74. The SMILES string of the molecule is O=C(O)/C=C/c1cccc2c(C(=O)c3oc(C(=O)O)c(-c4ccccc4)c3O)c[nH]c12. The second kappa shape index (κ2) is 7.68. The monoisotopic (exact) mass is 417 g/mol. The number of para-hydroxylation sites is 1. The van der Waals surface area contributed by atoms with Crippen molar-refractivity contribution in [1.82, 2.24) is 4.98 Å². The summed E-state index contributed by atoms with van der Waals surface area (Å²) < 4.78 is 5.30. The van der Waals surface area contributed by atoms with Crippen LogP contribution in [0, 0.1) is 0 Å². The molecule has 154 valence electrons. The van der Waals surface area contributed by atoms with E-state index in [1.54, 1.807) is 48.5 Å². The molecule has 0 unspecified atom stereocenters.